The van der Waals surface area contributed by atoms with Crippen LogP contribution in [0.4, 0.5) is 8.78 Å². The summed E-state index contributed by atoms with van der Waals surface area (Å²) in [6.07, 6.45) is 2.63. The predicted molar refractivity (Wildman–Crippen MR) is 122 cm³/mol. The predicted octanol–water partition coefficient (Wildman–Crippen LogP) is 5.81. The maximum Gasteiger partial charge on any atom is 0.263 e. The molecule has 2 aromatic rings. The third-order valence-electron chi connectivity index (χ3n) is 6.35. The van der Waals surface area contributed by atoms with Crippen molar-refractivity contribution in [3.8, 4) is 0 Å². The second-order valence-electron chi connectivity index (χ2n) is 8.67. The number of unbranched alkanes of at least 4 members (excludes halogenated alkanes) is 1. The molecule has 1 aromatic heterocycles. The Morgan fingerprint density at radius 1 is 1.16 bits per heavy atom. The zero-order valence-corrected chi connectivity index (χ0v) is 18.9. The van der Waals surface area contributed by atoms with Crippen LogP contribution < -0.4 is 5.32 Å². The Kier molecular flexibility index (Phi) is 8.24. The number of hydrogen-bond acceptors (Lipinski definition) is 4. The summed E-state index contributed by atoms with van der Waals surface area (Å²) >= 11 is 0. The van der Waals surface area contributed by atoms with Crippen LogP contribution in [0.5, 0.6) is 0 Å². The molecule has 2 atom stereocenters. The summed E-state index contributed by atoms with van der Waals surface area (Å²) in [5.74, 6) is -3.53. The van der Waals surface area contributed by atoms with Gasteiger partial charge in [-0.15, -0.1) is 0 Å². The molecule has 1 aromatic carbocycles. The van der Waals surface area contributed by atoms with E-state index in [2.05, 4.69) is 10.3 Å². The van der Waals surface area contributed by atoms with Gasteiger partial charge in [-0.2, -0.15) is 0 Å². The summed E-state index contributed by atoms with van der Waals surface area (Å²) in [6.45, 7) is 4.14. The Morgan fingerprint density at radius 3 is 2.59 bits per heavy atom. The lowest BCUT2D eigenvalue weighted by molar-refractivity contribution is -0.0765. The SMILES string of the molecule is CCC(=O)c1cc(C(=O)CCCC[C@H]2CCNCC2(F)F)cc([C@@H](C)c2ccccc2)n1. The van der Waals surface area contributed by atoms with Gasteiger partial charge in [-0.05, 0) is 43.5 Å². The zero-order valence-electron chi connectivity index (χ0n) is 18.9. The van der Waals surface area contributed by atoms with Crippen LogP contribution in [0.1, 0.15) is 90.4 Å². The fraction of sp³-hybridized carbons (Fsp3) is 0.500. The minimum absolute atomic E-state index is 0.0606. The molecule has 32 heavy (non-hydrogen) atoms. The molecule has 0 amide bonds. The van der Waals surface area contributed by atoms with Gasteiger partial charge in [0.25, 0.3) is 5.92 Å². The summed E-state index contributed by atoms with van der Waals surface area (Å²) in [5.41, 5.74) is 2.53. The standard InChI is InChI=1S/C26H32F2N2O2/c1-3-24(31)23-16-20(15-22(30-23)18(2)19-9-5-4-6-10-19)25(32)12-8-7-11-21-13-14-29-17-26(21,27)28/h4-6,9-10,15-16,18,21,29H,3,7-8,11-14,17H2,1-2H3/t18-,21-/m0/s1. The van der Waals surface area contributed by atoms with E-state index >= 15 is 0 Å². The van der Waals surface area contributed by atoms with Crippen molar-refractivity contribution in [3.05, 3.63) is 65.0 Å². The quantitative estimate of drug-likeness (QED) is 0.372. The van der Waals surface area contributed by atoms with E-state index in [0.717, 1.165) is 5.56 Å². The van der Waals surface area contributed by atoms with Crippen LogP contribution in [0.3, 0.4) is 0 Å². The smallest absolute Gasteiger partial charge is 0.263 e. The van der Waals surface area contributed by atoms with Gasteiger partial charge in [-0.25, -0.2) is 13.8 Å². The number of carbonyl (C=O) groups is 2. The molecule has 0 bridgehead atoms. The second-order valence-corrected chi connectivity index (χ2v) is 8.67. The van der Waals surface area contributed by atoms with Gasteiger partial charge < -0.3 is 5.32 Å². The van der Waals surface area contributed by atoms with Crippen molar-refractivity contribution < 1.29 is 18.4 Å². The molecule has 0 unspecified atom stereocenters. The molecule has 0 saturated carbocycles. The molecular weight excluding hydrogens is 410 g/mol. The minimum atomic E-state index is -2.68. The highest BCUT2D eigenvalue weighted by molar-refractivity contribution is 6.00. The summed E-state index contributed by atoms with van der Waals surface area (Å²) in [7, 11) is 0. The molecule has 1 N–H and O–H groups in total. The van der Waals surface area contributed by atoms with E-state index in [4.69, 9.17) is 0 Å². The van der Waals surface area contributed by atoms with Gasteiger partial charge >= 0.3 is 0 Å². The Bertz CT molecular complexity index is 931. The molecule has 0 aliphatic carbocycles. The number of halogens is 2. The number of piperidine rings is 1. The molecule has 4 nitrogen and oxygen atoms in total. The van der Waals surface area contributed by atoms with E-state index in [-0.39, 0.29) is 30.4 Å². The van der Waals surface area contributed by atoms with Crippen molar-refractivity contribution in [2.75, 3.05) is 13.1 Å². The molecule has 172 valence electrons. The maximum absolute atomic E-state index is 14.0. The van der Waals surface area contributed by atoms with Crippen LogP contribution in [0.25, 0.3) is 0 Å². The van der Waals surface area contributed by atoms with Crippen LogP contribution in [0.2, 0.25) is 0 Å². The molecule has 6 heteroatoms. The first kappa shape index (κ1) is 24.2. The van der Waals surface area contributed by atoms with Gasteiger partial charge in [-0.3, -0.25) is 9.59 Å². The number of Topliss-reactive ketones (excluding diaryl/α,β-unsaturated/α-hetero) is 2. The lowest BCUT2D eigenvalue weighted by atomic mass is 9.88. The Labute approximate surface area is 188 Å². The van der Waals surface area contributed by atoms with E-state index in [1.165, 1.54) is 0 Å². The number of aromatic nitrogens is 1. The zero-order chi connectivity index (χ0) is 23.1. The van der Waals surface area contributed by atoms with E-state index in [1.807, 2.05) is 37.3 Å². The Balaban J connectivity index is 1.68. The van der Waals surface area contributed by atoms with Crippen LogP contribution in [-0.2, 0) is 0 Å². The lowest BCUT2D eigenvalue weighted by Crippen LogP contribution is -2.45. The highest BCUT2D eigenvalue weighted by atomic mass is 19.3. The van der Waals surface area contributed by atoms with Crippen molar-refractivity contribution in [1.29, 1.82) is 0 Å². The highest BCUT2D eigenvalue weighted by Gasteiger charge is 2.40. The molecule has 2 heterocycles. The van der Waals surface area contributed by atoms with E-state index in [1.54, 1.807) is 19.1 Å². The van der Waals surface area contributed by atoms with E-state index in [0.29, 0.717) is 55.6 Å². The Hall–Kier alpha value is -2.47. The van der Waals surface area contributed by atoms with Gasteiger partial charge in [0.15, 0.2) is 11.6 Å². The normalized spacial score (nSPS) is 18.8. The topological polar surface area (TPSA) is 59.1 Å². The van der Waals surface area contributed by atoms with Gasteiger partial charge in [0, 0.05) is 35.9 Å². The van der Waals surface area contributed by atoms with Crippen LogP contribution in [0.15, 0.2) is 42.5 Å². The van der Waals surface area contributed by atoms with Crippen molar-refractivity contribution >= 4 is 11.6 Å². The molecule has 0 spiro atoms. The van der Waals surface area contributed by atoms with Gasteiger partial charge in [0.1, 0.15) is 5.69 Å². The number of rotatable bonds is 10. The van der Waals surface area contributed by atoms with Gasteiger partial charge in [0.2, 0.25) is 0 Å². The third-order valence-corrected chi connectivity index (χ3v) is 6.35. The van der Waals surface area contributed by atoms with Gasteiger partial charge in [0.05, 0.1) is 6.54 Å². The monoisotopic (exact) mass is 442 g/mol. The first-order valence-electron chi connectivity index (χ1n) is 11.5. The van der Waals surface area contributed by atoms with Crippen molar-refractivity contribution in [3.63, 3.8) is 0 Å². The lowest BCUT2D eigenvalue weighted by Gasteiger charge is -2.31. The molecule has 1 saturated heterocycles. The number of carbonyl (C=O) groups excluding carboxylic acids is 2. The first-order chi connectivity index (χ1) is 15.3. The third kappa shape index (κ3) is 6.06. The average molecular weight is 443 g/mol. The summed E-state index contributed by atoms with van der Waals surface area (Å²) in [6, 6.07) is 13.2. The minimum Gasteiger partial charge on any atom is -0.311 e. The highest BCUT2D eigenvalue weighted by Crippen LogP contribution is 2.33. The van der Waals surface area contributed by atoms with E-state index in [9.17, 15) is 18.4 Å². The fourth-order valence-electron chi connectivity index (χ4n) is 4.23. The number of nitrogens with zero attached hydrogens (tertiary/aromatic N) is 1. The van der Waals surface area contributed by atoms with Gasteiger partial charge in [-0.1, -0.05) is 50.6 Å². The largest absolute Gasteiger partial charge is 0.311 e. The molecule has 1 fully saturated rings. The van der Waals surface area contributed by atoms with Crippen molar-refractivity contribution in [1.82, 2.24) is 10.3 Å². The number of pyridine rings is 1. The van der Waals surface area contributed by atoms with Crippen LogP contribution >= 0.6 is 0 Å². The molecule has 1 aliphatic rings. The number of ketones is 2. The number of benzene rings is 1. The Morgan fingerprint density at radius 2 is 1.91 bits per heavy atom. The first-order valence-corrected chi connectivity index (χ1v) is 11.5. The number of alkyl halides is 2. The van der Waals surface area contributed by atoms with Crippen LogP contribution in [0, 0.1) is 5.92 Å². The fourth-order valence-corrected chi connectivity index (χ4v) is 4.23. The molecule has 1 aliphatic heterocycles. The number of hydrogen-bond donors (Lipinski definition) is 1. The number of nitrogens with one attached hydrogen (secondary N) is 1. The summed E-state index contributed by atoms with van der Waals surface area (Å²) in [4.78, 5) is 29.8. The maximum atomic E-state index is 14.0. The average Bonchev–Trinajstić information content (AvgIpc) is 2.81. The summed E-state index contributed by atoms with van der Waals surface area (Å²) in [5, 5.41) is 2.74. The molecule has 3 rings (SSSR count). The molecule has 0 radical (unpaired) electrons. The van der Waals surface area contributed by atoms with Crippen LogP contribution in [-0.4, -0.2) is 35.6 Å². The van der Waals surface area contributed by atoms with E-state index < -0.39 is 11.8 Å². The molecular formula is C26H32F2N2O2. The van der Waals surface area contributed by atoms with Crippen molar-refractivity contribution in [2.45, 2.75) is 64.2 Å². The van der Waals surface area contributed by atoms with Crippen molar-refractivity contribution in [2.24, 2.45) is 5.92 Å². The second kappa shape index (κ2) is 10.9. The summed E-state index contributed by atoms with van der Waals surface area (Å²) < 4.78 is 27.9.